The topological polar surface area (TPSA) is 101 Å². The van der Waals surface area contributed by atoms with Crippen LogP contribution in [-0.4, -0.2) is 35.4 Å². The highest BCUT2D eigenvalue weighted by molar-refractivity contribution is 7.89. The van der Waals surface area contributed by atoms with E-state index in [4.69, 9.17) is 0 Å². The minimum Gasteiger partial charge on any atom is -0.334 e. The molecule has 2 aliphatic carbocycles. The van der Waals surface area contributed by atoms with Gasteiger partial charge in [-0.15, -0.1) is 0 Å². The average Bonchev–Trinajstić information content (AvgIpc) is 3.44. The molecule has 0 radical (unpaired) electrons. The molecule has 0 unspecified atom stereocenters. The van der Waals surface area contributed by atoms with Crippen LogP contribution in [0.4, 0.5) is 8.78 Å². The Morgan fingerprint density at radius 1 is 1.17 bits per heavy atom. The summed E-state index contributed by atoms with van der Waals surface area (Å²) in [5.41, 5.74) is 2.08. The molecule has 3 aromatic rings. The molecule has 0 aliphatic heterocycles. The summed E-state index contributed by atoms with van der Waals surface area (Å²) >= 11 is 0. The number of fused-ring (bicyclic) bond motifs is 1. The quantitative estimate of drug-likeness (QED) is 0.472. The van der Waals surface area contributed by atoms with Crippen LogP contribution in [0.1, 0.15) is 62.6 Å². The second-order valence-corrected chi connectivity index (χ2v) is 11.3. The Bertz CT molecular complexity index is 1390. The van der Waals surface area contributed by atoms with E-state index in [0.29, 0.717) is 33.6 Å². The van der Waals surface area contributed by atoms with E-state index in [2.05, 4.69) is 20.8 Å². The standard InChI is InChI=1S/C25H27F2N5O2S/c1-15(17-7-8-17)31-35(33,34)19-13-29-25(30-14-19)24-21(12-28)20-9-6-16(11-23(26)27)10-22(20)32(24)18-4-2-3-5-18/h6,9-10,13-15,17-18,23,31H,2-5,7-8,11H2,1H3/t15-/m0/s1. The largest absolute Gasteiger partial charge is 0.334 e. The second kappa shape index (κ2) is 9.28. The molecule has 1 N–H and O–H groups in total. The van der Waals surface area contributed by atoms with Crippen LogP contribution < -0.4 is 4.72 Å². The molecule has 2 saturated carbocycles. The van der Waals surface area contributed by atoms with Crippen molar-refractivity contribution in [1.82, 2.24) is 19.3 Å². The van der Waals surface area contributed by atoms with E-state index >= 15 is 0 Å². The van der Waals surface area contributed by atoms with Crippen molar-refractivity contribution in [3.05, 3.63) is 41.7 Å². The van der Waals surface area contributed by atoms with E-state index < -0.39 is 16.4 Å². The number of rotatable bonds is 8. The van der Waals surface area contributed by atoms with Gasteiger partial charge in [0.2, 0.25) is 16.4 Å². The molecule has 7 nitrogen and oxygen atoms in total. The zero-order valence-corrected chi connectivity index (χ0v) is 20.2. The Morgan fingerprint density at radius 3 is 2.46 bits per heavy atom. The van der Waals surface area contributed by atoms with Gasteiger partial charge in [0.05, 0.1) is 23.5 Å². The summed E-state index contributed by atoms with van der Waals surface area (Å²) in [6.07, 6.45) is 5.60. The first kappa shape index (κ1) is 23.8. The van der Waals surface area contributed by atoms with Crippen molar-refractivity contribution in [2.24, 2.45) is 5.92 Å². The van der Waals surface area contributed by atoms with Gasteiger partial charge in [0.15, 0.2) is 5.82 Å². The number of nitriles is 1. The number of aromatic nitrogens is 3. The predicted molar refractivity (Wildman–Crippen MR) is 127 cm³/mol. The third-order valence-electron chi connectivity index (χ3n) is 7.08. The molecule has 1 aromatic carbocycles. The van der Waals surface area contributed by atoms with Gasteiger partial charge in [-0.05, 0) is 50.2 Å². The monoisotopic (exact) mass is 499 g/mol. The lowest BCUT2D eigenvalue weighted by Gasteiger charge is -2.18. The van der Waals surface area contributed by atoms with Gasteiger partial charge >= 0.3 is 0 Å². The molecule has 0 amide bonds. The first-order valence-corrected chi connectivity index (χ1v) is 13.5. The molecule has 0 bridgehead atoms. The molecular formula is C25H27F2N5O2S. The van der Waals surface area contributed by atoms with Crippen LogP contribution in [0.2, 0.25) is 0 Å². The number of alkyl halides is 2. The van der Waals surface area contributed by atoms with E-state index in [0.717, 1.165) is 38.5 Å². The number of halogens is 2. The van der Waals surface area contributed by atoms with E-state index in [9.17, 15) is 22.5 Å². The van der Waals surface area contributed by atoms with E-state index in [1.807, 2.05) is 11.5 Å². The van der Waals surface area contributed by atoms with E-state index in [1.165, 1.54) is 12.4 Å². The SMILES string of the molecule is C[C@H](NS(=O)(=O)c1cnc(-c2c(C#N)c3ccc(CC(F)F)cc3n2C2CCCC2)nc1)C1CC1. The minimum atomic E-state index is -3.76. The van der Waals surface area contributed by atoms with Crippen LogP contribution in [0.5, 0.6) is 0 Å². The number of hydrogen-bond acceptors (Lipinski definition) is 5. The zero-order chi connectivity index (χ0) is 24.7. The Labute approximate surface area is 203 Å². The Hall–Kier alpha value is -2.90. The predicted octanol–water partition coefficient (Wildman–Crippen LogP) is 4.97. The molecule has 2 heterocycles. The van der Waals surface area contributed by atoms with Crippen molar-refractivity contribution in [3.8, 4) is 17.6 Å². The summed E-state index contributed by atoms with van der Waals surface area (Å²) in [6.45, 7) is 1.85. The molecule has 1 atom stereocenters. The van der Waals surface area contributed by atoms with E-state index in [1.54, 1.807) is 18.2 Å². The number of nitrogens with zero attached hydrogens (tertiary/aromatic N) is 4. The van der Waals surface area contributed by atoms with Crippen LogP contribution in [0.15, 0.2) is 35.5 Å². The molecular weight excluding hydrogens is 472 g/mol. The third-order valence-corrected chi connectivity index (χ3v) is 8.59. The highest BCUT2D eigenvalue weighted by atomic mass is 32.2. The van der Waals surface area contributed by atoms with Crippen molar-refractivity contribution in [1.29, 1.82) is 5.26 Å². The number of nitrogens with one attached hydrogen (secondary N) is 1. The summed E-state index contributed by atoms with van der Waals surface area (Å²) in [5.74, 6) is 0.606. The van der Waals surface area contributed by atoms with Gasteiger partial charge in [-0.25, -0.2) is 31.9 Å². The maximum atomic E-state index is 13.1. The lowest BCUT2D eigenvalue weighted by molar-refractivity contribution is 0.149. The van der Waals surface area contributed by atoms with Gasteiger partial charge in [-0.2, -0.15) is 5.26 Å². The summed E-state index contributed by atoms with van der Waals surface area (Å²) in [7, 11) is -3.76. The Balaban J connectivity index is 1.59. The Morgan fingerprint density at radius 2 is 1.86 bits per heavy atom. The summed E-state index contributed by atoms with van der Waals surface area (Å²) in [4.78, 5) is 8.70. The van der Waals surface area contributed by atoms with Gasteiger partial charge < -0.3 is 4.57 Å². The molecule has 184 valence electrons. The molecule has 0 saturated heterocycles. The summed E-state index contributed by atoms with van der Waals surface area (Å²) < 4.78 is 56.4. The van der Waals surface area contributed by atoms with Gasteiger partial charge in [0.25, 0.3) is 0 Å². The molecule has 35 heavy (non-hydrogen) atoms. The van der Waals surface area contributed by atoms with Crippen LogP contribution in [0, 0.1) is 17.2 Å². The molecule has 10 heteroatoms. The third kappa shape index (κ3) is 4.67. The van der Waals surface area contributed by atoms with Gasteiger partial charge in [-0.1, -0.05) is 25.0 Å². The molecule has 2 aromatic heterocycles. The summed E-state index contributed by atoms with van der Waals surface area (Å²) in [6, 6.07) is 7.25. The minimum absolute atomic E-state index is 0.0324. The van der Waals surface area contributed by atoms with Crippen LogP contribution in [0.3, 0.4) is 0 Å². The molecule has 5 rings (SSSR count). The van der Waals surface area contributed by atoms with Crippen molar-refractivity contribution in [3.63, 3.8) is 0 Å². The molecule has 0 spiro atoms. The molecule has 2 aliphatic rings. The fraction of sp³-hybridized carbons (Fsp3) is 0.480. The fourth-order valence-electron chi connectivity index (χ4n) is 5.12. The summed E-state index contributed by atoms with van der Waals surface area (Å²) in [5, 5.41) is 10.7. The van der Waals surface area contributed by atoms with Crippen LogP contribution >= 0.6 is 0 Å². The number of benzene rings is 1. The highest BCUT2D eigenvalue weighted by Crippen LogP contribution is 2.41. The van der Waals surface area contributed by atoms with Crippen molar-refractivity contribution in [2.75, 3.05) is 0 Å². The maximum Gasteiger partial charge on any atom is 0.243 e. The normalized spacial score (nSPS) is 17.8. The van der Waals surface area contributed by atoms with Crippen molar-refractivity contribution in [2.45, 2.75) is 75.3 Å². The average molecular weight is 500 g/mol. The second-order valence-electron chi connectivity index (χ2n) is 9.58. The van der Waals surface area contributed by atoms with Crippen LogP contribution in [-0.2, 0) is 16.4 Å². The molecule has 2 fully saturated rings. The first-order valence-electron chi connectivity index (χ1n) is 12.0. The van der Waals surface area contributed by atoms with Crippen molar-refractivity contribution >= 4 is 20.9 Å². The van der Waals surface area contributed by atoms with E-state index in [-0.39, 0.29) is 29.2 Å². The zero-order valence-electron chi connectivity index (χ0n) is 19.4. The smallest absolute Gasteiger partial charge is 0.243 e. The number of hydrogen-bond donors (Lipinski definition) is 1. The van der Waals surface area contributed by atoms with Gasteiger partial charge in [0, 0.05) is 23.9 Å². The van der Waals surface area contributed by atoms with Gasteiger partial charge in [0.1, 0.15) is 16.7 Å². The lowest BCUT2D eigenvalue weighted by Crippen LogP contribution is -2.34. The lowest BCUT2D eigenvalue weighted by atomic mass is 10.1. The first-order chi connectivity index (χ1) is 16.8. The van der Waals surface area contributed by atoms with Crippen molar-refractivity contribution < 1.29 is 17.2 Å². The maximum absolute atomic E-state index is 13.1. The number of sulfonamides is 1. The highest BCUT2D eigenvalue weighted by Gasteiger charge is 2.32. The Kier molecular flexibility index (Phi) is 6.32. The fourth-order valence-corrected chi connectivity index (χ4v) is 6.32. The van der Waals surface area contributed by atoms with Gasteiger partial charge in [-0.3, -0.25) is 0 Å². The van der Waals surface area contributed by atoms with Crippen LogP contribution in [0.25, 0.3) is 22.4 Å².